The molecule has 1 aliphatic carbocycles. The smallest absolute Gasteiger partial charge is 0.188 e. The van der Waals surface area contributed by atoms with Gasteiger partial charge in [0.1, 0.15) is 5.69 Å². The highest BCUT2D eigenvalue weighted by atomic mass is 19.1. The molecular formula is C9H14FN3O. The average molecular weight is 199 g/mol. The molecule has 0 aliphatic heterocycles. The van der Waals surface area contributed by atoms with Gasteiger partial charge in [-0.15, -0.1) is 0 Å². The van der Waals surface area contributed by atoms with E-state index in [1.165, 1.54) is 4.68 Å². The van der Waals surface area contributed by atoms with Crippen molar-refractivity contribution in [2.75, 3.05) is 12.3 Å². The zero-order chi connectivity index (χ0) is 10.1. The first-order valence-electron chi connectivity index (χ1n) is 4.86. The van der Waals surface area contributed by atoms with Gasteiger partial charge >= 0.3 is 0 Å². The van der Waals surface area contributed by atoms with Gasteiger partial charge in [0.25, 0.3) is 0 Å². The van der Waals surface area contributed by atoms with Gasteiger partial charge in [-0.25, -0.2) is 9.07 Å². The monoisotopic (exact) mass is 199 g/mol. The van der Waals surface area contributed by atoms with Crippen LogP contribution in [0.2, 0.25) is 0 Å². The van der Waals surface area contributed by atoms with Gasteiger partial charge in [-0.1, -0.05) is 6.42 Å². The fourth-order valence-electron chi connectivity index (χ4n) is 1.68. The van der Waals surface area contributed by atoms with E-state index in [2.05, 4.69) is 5.10 Å². The molecular weight excluding hydrogens is 185 g/mol. The number of aromatic nitrogens is 2. The van der Waals surface area contributed by atoms with Gasteiger partial charge in [-0.3, -0.25) is 0 Å². The van der Waals surface area contributed by atoms with Gasteiger partial charge in [0.05, 0.1) is 13.2 Å². The topological polar surface area (TPSA) is 64.1 Å². The second-order valence-electron chi connectivity index (χ2n) is 3.66. The van der Waals surface area contributed by atoms with Crippen molar-refractivity contribution in [1.82, 2.24) is 9.78 Å². The highest BCUT2D eigenvalue weighted by Gasteiger charge is 2.27. The number of anilines is 1. The summed E-state index contributed by atoms with van der Waals surface area (Å²) in [6.45, 7) is 0.185. The van der Waals surface area contributed by atoms with Crippen molar-refractivity contribution in [1.29, 1.82) is 0 Å². The number of halogens is 1. The molecule has 1 saturated carbocycles. The Balaban J connectivity index is 2.27. The van der Waals surface area contributed by atoms with Crippen LogP contribution in [0.5, 0.6) is 0 Å². The maximum atomic E-state index is 13.5. The third-order valence-electron chi connectivity index (χ3n) is 2.76. The number of nitrogens with zero attached hydrogens (tertiary/aromatic N) is 2. The molecule has 0 unspecified atom stereocenters. The summed E-state index contributed by atoms with van der Waals surface area (Å²) in [4.78, 5) is 0. The minimum Gasteiger partial charge on any atom is -0.394 e. The Morgan fingerprint density at radius 3 is 2.79 bits per heavy atom. The summed E-state index contributed by atoms with van der Waals surface area (Å²) >= 11 is 0. The fraction of sp³-hybridized carbons (Fsp3) is 0.667. The lowest BCUT2D eigenvalue weighted by Crippen LogP contribution is -2.12. The van der Waals surface area contributed by atoms with Gasteiger partial charge in [0.15, 0.2) is 11.6 Å². The zero-order valence-electron chi connectivity index (χ0n) is 7.91. The zero-order valence-corrected chi connectivity index (χ0v) is 7.91. The van der Waals surface area contributed by atoms with Crippen molar-refractivity contribution < 1.29 is 9.50 Å². The van der Waals surface area contributed by atoms with E-state index in [9.17, 15) is 4.39 Å². The lowest BCUT2D eigenvalue weighted by molar-refractivity contribution is 0.269. The van der Waals surface area contributed by atoms with Crippen molar-refractivity contribution in [2.45, 2.75) is 31.7 Å². The van der Waals surface area contributed by atoms with Crippen LogP contribution in [0.1, 0.15) is 30.9 Å². The predicted octanol–water partition coefficient (Wildman–Crippen LogP) is 0.864. The Labute approximate surface area is 81.5 Å². The number of rotatable bonds is 3. The van der Waals surface area contributed by atoms with E-state index in [1.807, 2.05) is 0 Å². The van der Waals surface area contributed by atoms with E-state index < -0.39 is 5.82 Å². The number of hydrogen-bond donors (Lipinski definition) is 2. The van der Waals surface area contributed by atoms with Crippen molar-refractivity contribution in [2.24, 2.45) is 0 Å². The van der Waals surface area contributed by atoms with Crippen LogP contribution in [0.4, 0.5) is 10.2 Å². The lowest BCUT2D eigenvalue weighted by Gasteiger charge is -2.22. The first-order chi connectivity index (χ1) is 6.74. The summed E-state index contributed by atoms with van der Waals surface area (Å²) in [5, 5.41) is 12.8. The van der Waals surface area contributed by atoms with Crippen molar-refractivity contribution >= 4 is 5.82 Å². The lowest BCUT2D eigenvalue weighted by atomic mass is 9.83. The maximum Gasteiger partial charge on any atom is 0.188 e. The molecule has 0 bridgehead atoms. The molecule has 0 atom stereocenters. The minimum absolute atomic E-state index is 0.0425. The summed E-state index contributed by atoms with van der Waals surface area (Å²) < 4.78 is 14.9. The van der Waals surface area contributed by atoms with Crippen LogP contribution in [0, 0.1) is 5.82 Å². The highest BCUT2D eigenvalue weighted by Crippen LogP contribution is 2.37. The second kappa shape index (κ2) is 3.57. The van der Waals surface area contributed by atoms with E-state index in [0.29, 0.717) is 5.69 Å². The van der Waals surface area contributed by atoms with Crippen LogP contribution in [0.3, 0.4) is 0 Å². The van der Waals surface area contributed by atoms with Gasteiger partial charge in [-0.2, -0.15) is 5.10 Å². The summed E-state index contributed by atoms with van der Waals surface area (Å²) in [5.41, 5.74) is 5.99. The molecule has 3 N–H and O–H groups in total. The summed E-state index contributed by atoms with van der Waals surface area (Å²) in [6, 6.07) is 0. The summed E-state index contributed by atoms with van der Waals surface area (Å²) in [7, 11) is 0. The van der Waals surface area contributed by atoms with Crippen LogP contribution >= 0.6 is 0 Å². The van der Waals surface area contributed by atoms with Gasteiger partial charge < -0.3 is 10.8 Å². The molecule has 4 nitrogen and oxygen atoms in total. The Bertz CT molecular complexity index is 333. The van der Waals surface area contributed by atoms with Gasteiger partial charge in [0.2, 0.25) is 0 Å². The van der Waals surface area contributed by atoms with E-state index in [1.54, 1.807) is 0 Å². The maximum absolute atomic E-state index is 13.5. The molecule has 0 amide bonds. The SMILES string of the molecule is Nc1c(F)c(C2CCC2)nn1CCO. The van der Waals surface area contributed by atoms with Crippen LogP contribution in [0.25, 0.3) is 0 Å². The Kier molecular flexibility index (Phi) is 2.41. The molecule has 1 aromatic rings. The number of hydrogen-bond acceptors (Lipinski definition) is 3. The predicted molar refractivity (Wildman–Crippen MR) is 50.3 cm³/mol. The Morgan fingerprint density at radius 2 is 2.29 bits per heavy atom. The third kappa shape index (κ3) is 1.37. The molecule has 1 aromatic heterocycles. The molecule has 14 heavy (non-hydrogen) atoms. The minimum atomic E-state index is -0.400. The van der Waals surface area contributed by atoms with Crippen LogP contribution in [-0.2, 0) is 6.54 Å². The molecule has 1 heterocycles. The van der Waals surface area contributed by atoms with Crippen LogP contribution < -0.4 is 5.73 Å². The molecule has 2 rings (SSSR count). The highest BCUT2D eigenvalue weighted by molar-refractivity contribution is 5.35. The second-order valence-corrected chi connectivity index (χ2v) is 3.66. The first kappa shape index (κ1) is 9.45. The van der Waals surface area contributed by atoms with E-state index in [4.69, 9.17) is 10.8 Å². The average Bonchev–Trinajstić information content (AvgIpc) is 2.32. The van der Waals surface area contributed by atoms with E-state index in [-0.39, 0.29) is 24.9 Å². The number of aliphatic hydroxyl groups is 1. The Morgan fingerprint density at radius 1 is 1.57 bits per heavy atom. The molecule has 1 fully saturated rings. The molecule has 78 valence electrons. The van der Waals surface area contributed by atoms with Crippen molar-refractivity contribution in [3.05, 3.63) is 11.5 Å². The number of nitrogen functional groups attached to an aromatic ring is 1. The van der Waals surface area contributed by atoms with Crippen LogP contribution in [-0.4, -0.2) is 21.5 Å². The normalized spacial score (nSPS) is 17.0. The van der Waals surface area contributed by atoms with E-state index in [0.717, 1.165) is 19.3 Å². The summed E-state index contributed by atoms with van der Waals surface area (Å²) in [5.74, 6) is -0.124. The van der Waals surface area contributed by atoms with Gasteiger partial charge in [-0.05, 0) is 12.8 Å². The first-order valence-corrected chi connectivity index (χ1v) is 4.86. The largest absolute Gasteiger partial charge is 0.394 e. The molecule has 0 aromatic carbocycles. The fourth-order valence-corrected chi connectivity index (χ4v) is 1.68. The third-order valence-corrected chi connectivity index (χ3v) is 2.76. The summed E-state index contributed by atoms with van der Waals surface area (Å²) in [6.07, 6.45) is 3.12. The standard InChI is InChI=1S/C9H14FN3O/c10-7-8(6-2-1-3-6)12-13(4-5-14)9(7)11/h6,14H,1-5,11H2. The van der Waals surface area contributed by atoms with Crippen molar-refractivity contribution in [3.8, 4) is 0 Å². The number of nitrogens with two attached hydrogens (primary N) is 1. The molecule has 1 aliphatic rings. The molecule has 5 heteroatoms. The molecule has 0 spiro atoms. The quantitative estimate of drug-likeness (QED) is 0.759. The molecule has 0 saturated heterocycles. The molecule has 0 radical (unpaired) electrons. The Hall–Kier alpha value is -1.10. The van der Waals surface area contributed by atoms with Crippen molar-refractivity contribution in [3.63, 3.8) is 0 Å². The van der Waals surface area contributed by atoms with Gasteiger partial charge in [0, 0.05) is 5.92 Å². The van der Waals surface area contributed by atoms with Crippen LogP contribution in [0.15, 0.2) is 0 Å². The number of aliphatic hydroxyl groups excluding tert-OH is 1. The van der Waals surface area contributed by atoms with E-state index >= 15 is 0 Å².